The predicted octanol–water partition coefficient (Wildman–Crippen LogP) is 0.273. The van der Waals surface area contributed by atoms with Gasteiger partial charge >= 0.3 is 11.9 Å². The molecule has 84 valence electrons. The Morgan fingerprint density at radius 3 is 1.87 bits per heavy atom. The number of esters is 2. The first kappa shape index (κ1) is 13.1. The molecule has 0 radical (unpaired) electrons. The second-order valence-electron chi connectivity index (χ2n) is 2.27. The Kier molecular flexibility index (Phi) is 5.69. The summed E-state index contributed by atoms with van der Waals surface area (Å²) in [6.07, 6.45) is 0.274. The summed E-state index contributed by atoms with van der Waals surface area (Å²) in [7, 11) is 0. The lowest BCUT2D eigenvalue weighted by molar-refractivity contribution is -0.403. The van der Waals surface area contributed by atoms with Crippen molar-refractivity contribution in [2.24, 2.45) is 0 Å². The van der Waals surface area contributed by atoms with Crippen molar-refractivity contribution in [1.29, 1.82) is 0 Å². The quantitative estimate of drug-likeness (QED) is 0.164. The van der Waals surface area contributed by atoms with Crippen molar-refractivity contribution in [3.8, 4) is 0 Å². The van der Waals surface area contributed by atoms with Crippen molar-refractivity contribution in [3.05, 3.63) is 21.9 Å². The molecule has 0 aromatic carbocycles. The number of hydrogen-bond acceptors (Lipinski definition) is 6. The summed E-state index contributed by atoms with van der Waals surface area (Å²) in [4.78, 5) is 31.4. The van der Waals surface area contributed by atoms with Crippen molar-refractivity contribution >= 4 is 11.9 Å². The Balaban J connectivity index is 4.81. The van der Waals surface area contributed by atoms with Crippen LogP contribution in [0.1, 0.15) is 13.8 Å². The Morgan fingerprint density at radius 1 is 1.20 bits per heavy atom. The molecule has 0 aromatic heterocycles. The van der Waals surface area contributed by atoms with E-state index in [1.54, 1.807) is 0 Å². The lowest BCUT2D eigenvalue weighted by atomic mass is 10.3. The second kappa shape index (κ2) is 6.52. The summed E-state index contributed by atoms with van der Waals surface area (Å²) in [6, 6.07) is 0. The Hall–Kier alpha value is -1.92. The van der Waals surface area contributed by atoms with Gasteiger partial charge in [0.1, 0.15) is 0 Å². The second-order valence-corrected chi connectivity index (χ2v) is 2.27. The first-order valence-electron chi connectivity index (χ1n) is 4.22. The fourth-order valence-corrected chi connectivity index (χ4v) is 0.712. The van der Waals surface area contributed by atoms with E-state index in [0.717, 1.165) is 0 Å². The van der Waals surface area contributed by atoms with E-state index < -0.39 is 22.4 Å². The topological polar surface area (TPSA) is 95.7 Å². The van der Waals surface area contributed by atoms with E-state index in [1.165, 1.54) is 13.8 Å². The van der Waals surface area contributed by atoms with Crippen LogP contribution in [0.3, 0.4) is 0 Å². The van der Waals surface area contributed by atoms with Crippen LogP contribution in [0.25, 0.3) is 0 Å². The molecule has 7 nitrogen and oxygen atoms in total. The molecule has 0 aromatic rings. The number of carbonyl (C=O) groups is 2. The van der Waals surface area contributed by atoms with Gasteiger partial charge in [-0.2, -0.15) is 0 Å². The van der Waals surface area contributed by atoms with Gasteiger partial charge in [0.05, 0.1) is 18.1 Å². The van der Waals surface area contributed by atoms with E-state index in [9.17, 15) is 19.7 Å². The minimum atomic E-state index is -1.06. The van der Waals surface area contributed by atoms with E-state index in [2.05, 4.69) is 9.47 Å². The average molecular weight is 217 g/mol. The Morgan fingerprint density at radius 2 is 1.60 bits per heavy atom. The summed E-state index contributed by atoms with van der Waals surface area (Å²) in [6.45, 7) is 3.08. The number of ether oxygens (including phenoxy) is 2. The molecule has 0 bridgehead atoms. The standard InChI is InChI=1S/C8H11NO6/c1-3-14-7(10)6(5-9(12)13)8(11)15-4-2/h5H,3-4H2,1-2H3. The Bertz CT molecular complexity index is 276. The van der Waals surface area contributed by atoms with Crippen molar-refractivity contribution < 1.29 is 24.0 Å². The monoisotopic (exact) mass is 217 g/mol. The van der Waals surface area contributed by atoms with Gasteiger partial charge in [-0.15, -0.1) is 0 Å². The van der Waals surface area contributed by atoms with Gasteiger partial charge in [-0.1, -0.05) is 0 Å². The van der Waals surface area contributed by atoms with Gasteiger partial charge in [0.25, 0.3) is 6.20 Å². The summed E-state index contributed by atoms with van der Waals surface area (Å²) in [5, 5.41) is 10.1. The third-order valence-corrected chi connectivity index (χ3v) is 1.23. The number of hydrogen-bond donors (Lipinski definition) is 0. The van der Waals surface area contributed by atoms with Gasteiger partial charge < -0.3 is 9.47 Å². The molecule has 7 heteroatoms. The molecule has 0 fully saturated rings. The lowest BCUT2D eigenvalue weighted by Gasteiger charge is -2.03. The molecule has 0 aliphatic rings. The maximum Gasteiger partial charge on any atom is 0.352 e. The largest absolute Gasteiger partial charge is 0.462 e. The molecule has 0 aliphatic heterocycles. The van der Waals surface area contributed by atoms with Crippen LogP contribution < -0.4 is 0 Å². The number of nitro groups is 1. The molecule has 0 atom stereocenters. The fraction of sp³-hybridized carbons (Fsp3) is 0.500. The summed E-state index contributed by atoms with van der Waals surface area (Å²) in [5.41, 5.74) is -0.719. The van der Waals surface area contributed by atoms with Gasteiger partial charge in [-0.25, -0.2) is 9.59 Å². The molecule has 0 rings (SSSR count). The first-order valence-corrected chi connectivity index (χ1v) is 4.22. The molecule has 0 amide bonds. The molecule has 0 aliphatic carbocycles. The van der Waals surface area contributed by atoms with Crippen LogP contribution in [-0.2, 0) is 19.1 Å². The normalized spacial score (nSPS) is 8.93. The van der Waals surface area contributed by atoms with Gasteiger partial charge in [-0.05, 0) is 13.8 Å². The van der Waals surface area contributed by atoms with E-state index in [-0.39, 0.29) is 19.4 Å². The highest BCUT2D eigenvalue weighted by Gasteiger charge is 2.24. The van der Waals surface area contributed by atoms with Crippen LogP contribution >= 0.6 is 0 Å². The highest BCUT2D eigenvalue weighted by Crippen LogP contribution is 2.02. The van der Waals surface area contributed by atoms with E-state index >= 15 is 0 Å². The van der Waals surface area contributed by atoms with Crippen molar-refractivity contribution in [2.75, 3.05) is 13.2 Å². The van der Waals surface area contributed by atoms with Crippen LogP contribution in [0.15, 0.2) is 11.8 Å². The van der Waals surface area contributed by atoms with Crippen molar-refractivity contribution in [3.63, 3.8) is 0 Å². The predicted molar refractivity (Wildman–Crippen MR) is 48.3 cm³/mol. The van der Waals surface area contributed by atoms with Crippen LogP contribution in [-0.4, -0.2) is 30.1 Å². The van der Waals surface area contributed by atoms with Gasteiger partial charge in [0.15, 0.2) is 0 Å². The van der Waals surface area contributed by atoms with Crippen molar-refractivity contribution in [2.45, 2.75) is 13.8 Å². The smallest absolute Gasteiger partial charge is 0.352 e. The van der Waals surface area contributed by atoms with E-state index in [0.29, 0.717) is 0 Å². The van der Waals surface area contributed by atoms with Crippen molar-refractivity contribution in [1.82, 2.24) is 0 Å². The highest BCUT2D eigenvalue weighted by molar-refractivity contribution is 6.13. The minimum absolute atomic E-state index is 0.0211. The molecule has 0 saturated carbocycles. The zero-order valence-electron chi connectivity index (χ0n) is 8.39. The first-order chi connectivity index (χ1) is 7.02. The summed E-state index contributed by atoms with van der Waals surface area (Å²) in [5.74, 6) is -2.12. The van der Waals surface area contributed by atoms with Gasteiger partial charge in [0.2, 0.25) is 5.57 Å². The summed E-state index contributed by atoms with van der Waals surface area (Å²) >= 11 is 0. The maximum absolute atomic E-state index is 11.1. The van der Waals surface area contributed by atoms with Gasteiger partial charge in [0, 0.05) is 0 Å². The third kappa shape index (κ3) is 4.75. The lowest BCUT2D eigenvalue weighted by Crippen LogP contribution is -2.19. The molecule has 0 spiro atoms. The molecule has 0 saturated heterocycles. The molecule has 15 heavy (non-hydrogen) atoms. The minimum Gasteiger partial charge on any atom is -0.462 e. The van der Waals surface area contributed by atoms with Gasteiger partial charge in [-0.3, -0.25) is 10.1 Å². The molecule has 0 N–H and O–H groups in total. The zero-order chi connectivity index (χ0) is 11.8. The van der Waals surface area contributed by atoms with Crippen LogP contribution in [0.2, 0.25) is 0 Å². The van der Waals surface area contributed by atoms with Crippen LogP contribution in [0.5, 0.6) is 0 Å². The summed E-state index contributed by atoms with van der Waals surface area (Å²) < 4.78 is 8.92. The maximum atomic E-state index is 11.1. The molecular weight excluding hydrogens is 206 g/mol. The van der Waals surface area contributed by atoms with E-state index in [4.69, 9.17) is 0 Å². The average Bonchev–Trinajstić information content (AvgIpc) is 2.14. The zero-order valence-corrected chi connectivity index (χ0v) is 8.39. The molecular formula is C8H11NO6. The number of rotatable bonds is 5. The Labute approximate surface area is 85.8 Å². The third-order valence-electron chi connectivity index (χ3n) is 1.23. The fourth-order valence-electron chi connectivity index (χ4n) is 0.712. The highest BCUT2D eigenvalue weighted by atomic mass is 16.6. The van der Waals surface area contributed by atoms with E-state index in [1.807, 2.05) is 0 Å². The van der Waals surface area contributed by atoms with Crippen LogP contribution in [0.4, 0.5) is 0 Å². The SMILES string of the molecule is CCOC(=O)C(=C[N+](=O)[O-])C(=O)OCC. The molecule has 0 heterocycles. The number of nitrogens with zero attached hydrogens (tertiary/aromatic N) is 1. The van der Waals surface area contributed by atoms with Crippen LogP contribution in [0, 0.1) is 10.1 Å². The number of carbonyl (C=O) groups excluding carboxylic acids is 2. The molecule has 0 unspecified atom stereocenters.